The Labute approximate surface area is 162 Å². The average Bonchev–Trinajstić information content (AvgIpc) is 2.94. The molecular weight excluding hydrogens is 375 g/mol. The molecule has 0 spiro atoms. The lowest BCUT2D eigenvalue weighted by Gasteiger charge is -2.34. The second-order valence-corrected chi connectivity index (χ2v) is 8.17. The third-order valence-corrected chi connectivity index (χ3v) is 5.80. The van der Waals surface area contributed by atoms with Crippen LogP contribution in [-0.2, 0) is 6.18 Å². The number of ether oxygens (including phenoxy) is 1. The minimum Gasteiger partial charge on any atom is -0.477 e. The van der Waals surface area contributed by atoms with Gasteiger partial charge in [0, 0.05) is 30.3 Å². The van der Waals surface area contributed by atoms with Gasteiger partial charge in [-0.25, -0.2) is 4.98 Å². The van der Waals surface area contributed by atoms with Crippen LogP contribution in [0.1, 0.15) is 31.2 Å². The molecule has 3 rings (SSSR count). The highest BCUT2D eigenvalue weighted by molar-refractivity contribution is 5.20. The molecule has 158 valence electrons. The Kier molecular flexibility index (Phi) is 6.48. The lowest BCUT2D eigenvalue weighted by Crippen LogP contribution is -2.46. The first-order chi connectivity index (χ1) is 13.2. The summed E-state index contributed by atoms with van der Waals surface area (Å²) in [6.07, 6.45) is -2.56. The number of pyridine rings is 1. The Morgan fingerprint density at radius 1 is 1.21 bits per heavy atom. The molecule has 0 bridgehead atoms. The molecule has 0 amide bonds. The number of hydrogen-bond acceptors (Lipinski definition) is 6. The Balaban J connectivity index is 1.60. The monoisotopic (exact) mass is 403 g/mol. The van der Waals surface area contributed by atoms with Gasteiger partial charge >= 0.3 is 6.18 Å². The number of aliphatic hydroxyl groups excluding tert-OH is 2. The van der Waals surface area contributed by atoms with Crippen molar-refractivity contribution in [3.8, 4) is 5.88 Å². The predicted molar refractivity (Wildman–Crippen MR) is 96.9 cm³/mol. The van der Waals surface area contributed by atoms with Gasteiger partial charge in [0.15, 0.2) is 0 Å². The van der Waals surface area contributed by atoms with E-state index in [9.17, 15) is 23.4 Å². The number of nitrogens with zero attached hydrogens (tertiary/aromatic N) is 2. The number of hydrogen-bond donors (Lipinski definition) is 3. The van der Waals surface area contributed by atoms with E-state index in [2.05, 4.69) is 22.2 Å². The van der Waals surface area contributed by atoms with Crippen molar-refractivity contribution in [1.82, 2.24) is 15.2 Å². The van der Waals surface area contributed by atoms with Gasteiger partial charge in [-0.1, -0.05) is 0 Å². The van der Waals surface area contributed by atoms with Crippen molar-refractivity contribution in [2.24, 2.45) is 5.41 Å². The van der Waals surface area contributed by atoms with Crippen molar-refractivity contribution in [2.75, 3.05) is 33.3 Å². The summed E-state index contributed by atoms with van der Waals surface area (Å²) in [5.74, 6) is 0.0996. The van der Waals surface area contributed by atoms with Crippen LogP contribution in [0.5, 0.6) is 5.88 Å². The average molecular weight is 403 g/mol. The van der Waals surface area contributed by atoms with Crippen LogP contribution in [0.4, 0.5) is 13.2 Å². The number of halogens is 3. The third kappa shape index (κ3) is 5.34. The van der Waals surface area contributed by atoms with E-state index in [-0.39, 0.29) is 12.5 Å². The molecule has 1 saturated heterocycles. The molecule has 2 heterocycles. The summed E-state index contributed by atoms with van der Waals surface area (Å²) in [6.45, 7) is 2.76. The van der Waals surface area contributed by atoms with Crippen molar-refractivity contribution in [3.05, 3.63) is 23.9 Å². The number of nitrogens with one attached hydrogen (secondary N) is 1. The second-order valence-electron chi connectivity index (χ2n) is 8.17. The van der Waals surface area contributed by atoms with Gasteiger partial charge in [-0.15, -0.1) is 0 Å². The zero-order valence-electron chi connectivity index (χ0n) is 16.0. The molecule has 1 aliphatic carbocycles. The van der Waals surface area contributed by atoms with Crippen LogP contribution in [-0.4, -0.2) is 71.6 Å². The van der Waals surface area contributed by atoms with Crippen LogP contribution >= 0.6 is 0 Å². The third-order valence-electron chi connectivity index (χ3n) is 5.80. The van der Waals surface area contributed by atoms with E-state index in [0.29, 0.717) is 25.4 Å². The molecule has 1 unspecified atom stereocenters. The molecule has 1 aromatic rings. The Morgan fingerprint density at radius 3 is 2.39 bits per heavy atom. The van der Waals surface area contributed by atoms with Crippen LogP contribution < -0.4 is 10.1 Å². The molecule has 2 fully saturated rings. The summed E-state index contributed by atoms with van der Waals surface area (Å²) in [4.78, 5) is 6.01. The fraction of sp³-hybridized carbons (Fsp3) is 0.737. The Hall–Kier alpha value is -1.42. The summed E-state index contributed by atoms with van der Waals surface area (Å²) >= 11 is 0. The normalized spacial score (nSPS) is 29.9. The van der Waals surface area contributed by atoms with Gasteiger partial charge in [-0.3, -0.25) is 0 Å². The van der Waals surface area contributed by atoms with Crippen LogP contribution in [0.3, 0.4) is 0 Å². The first-order valence-corrected chi connectivity index (χ1v) is 9.61. The molecular formula is C19H28F3N3O3. The van der Waals surface area contributed by atoms with E-state index in [0.717, 1.165) is 38.2 Å². The van der Waals surface area contributed by atoms with Crippen molar-refractivity contribution in [3.63, 3.8) is 0 Å². The largest absolute Gasteiger partial charge is 0.477 e. The highest BCUT2D eigenvalue weighted by atomic mass is 19.4. The molecule has 28 heavy (non-hydrogen) atoms. The summed E-state index contributed by atoms with van der Waals surface area (Å²) in [5, 5.41) is 23.6. The van der Waals surface area contributed by atoms with E-state index in [1.54, 1.807) is 0 Å². The van der Waals surface area contributed by atoms with Crippen LogP contribution in [0.25, 0.3) is 0 Å². The van der Waals surface area contributed by atoms with E-state index in [1.807, 2.05) is 0 Å². The smallest absolute Gasteiger partial charge is 0.417 e. The number of piperidine rings is 1. The molecule has 3 N–H and O–H groups in total. The lowest BCUT2D eigenvalue weighted by atomic mass is 9.86. The minimum absolute atomic E-state index is 0.0996. The summed E-state index contributed by atoms with van der Waals surface area (Å²) < 4.78 is 43.6. The second kappa shape index (κ2) is 8.52. The standard InChI is InChI=1S/C19H28F3N3O3/c1-25-6-4-14(5-7-25)24-11-18(8-15(26)16(27)9-18)12-28-17-3-2-13(10-23-17)19(20,21)22/h2-3,10,14-16,24,26-27H,4-9,11-12H2,1H3/t15-,16+,18?. The topological polar surface area (TPSA) is 77.9 Å². The van der Waals surface area contributed by atoms with Crippen molar-refractivity contribution >= 4 is 0 Å². The van der Waals surface area contributed by atoms with Gasteiger partial charge in [-0.2, -0.15) is 13.2 Å². The van der Waals surface area contributed by atoms with Crippen LogP contribution in [0.2, 0.25) is 0 Å². The SMILES string of the molecule is CN1CCC(NCC2(COc3ccc(C(F)(F)F)cn3)C[C@@H](O)[C@@H](O)C2)CC1. The maximum absolute atomic E-state index is 12.7. The number of alkyl halides is 3. The molecule has 0 radical (unpaired) electrons. The maximum atomic E-state index is 12.7. The van der Waals surface area contributed by atoms with Gasteiger partial charge in [0.05, 0.1) is 24.4 Å². The molecule has 9 heteroatoms. The first kappa shape index (κ1) is 21.3. The van der Waals surface area contributed by atoms with E-state index in [4.69, 9.17) is 4.74 Å². The number of aliphatic hydroxyl groups is 2. The molecule has 1 aliphatic heterocycles. The van der Waals surface area contributed by atoms with Gasteiger partial charge in [0.25, 0.3) is 0 Å². The van der Waals surface area contributed by atoms with Gasteiger partial charge in [0.2, 0.25) is 5.88 Å². The quantitative estimate of drug-likeness (QED) is 0.671. The van der Waals surface area contributed by atoms with Gasteiger partial charge in [-0.05, 0) is 51.9 Å². The minimum atomic E-state index is -4.44. The molecule has 2 aliphatic rings. The Bertz CT molecular complexity index is 624. The summed E-state index contributed by atoms with van der Waals surface area (Å²) in [7, 11) is 2.09. The zero-order valence-corrected chi connectivity index (χ0v) is 16.0. The number of aromatic nitrogens is 1. The molecule has 1 saturated carbocycles. The van der Waals surface area contributed by atoms with Crippen molar-refractivity contribution in [2.45, 2.75) is 50.1 Å². The molecule has 3 atom stereocenters. The van der Waals surface area contributed by atoms with Crippen molar-refractivity contribution < 1.29 is 28.1 Å². The Morgan fingerprint density at radius 2 is 1.86 bits per heavy atom. The predicted octanol–water partition coefficient (Wildman–Crippen LogP) is 1.66. The number of rotatable bonds is 6. The molecule has 6 nitrogen and oxygen atoms in total. The maximum Gasteiger partial charge on any atom is 0.417 e. The molecule has 0 aromatic carbocycles. The van der Waals surface area contributed by atoms with Crippen molar-refractivity contribution in [1.29, 1.82) is 0 Å². The van der Waals surface area contributed by atoms with Crippen LogP contribution in [0.15, 0.2) is 18.3 Å². The zero-order chi connectivity index (χ0) is 20.4. The van der Waals surface area contributed by atoms with E-state index >= 15 is 0 Å². The fourth-order valence-electron chi connectivity index (χ4n) is 3.99. The van der Waals surface area contributed by atoms with E-state index < -0.39 is 29.4 Å². The highest BCUT2D eigenvalue weighted by Crippen LogP contribution is 2.39. The lowest BCUT2D eigenvalue weighted by molar-refractivity contribution is -0.137. The van der Waals surface area contributed by atoms with E-state index in [1.165, 1.54) is 6.07 Å². The number of likely N-dealkylation sites (tertiary alicyclic amines) is 1. The first-order valence-electron chi connectivity index (χ1n) is 9.61. The highest BCUT2D eigenvalue weighted by Gasteiger charge is 2.45. The van der Waals surface area contributed by atoms with Gasteiger partial charge < -0.3 is 25.2 Å². The summed E-state index contributed by atoms with van der Waals surface area (Å²) in [6, 6.07) is 2.50. The van der Waals surface area contributed by atoms with Gasteiger partial charge in [0.1, 0.15) is 0 Å². The fourth-order valence-corrected chi connectivity index (χ4v) is 3.99. The summed E-state index contributed by atoms with van der Waals surface area (Å²) in [5.41, 5.74) is -1.32. The van der Waals surface area contributed by atoms with Crippen LogP contribution in [0, 0.1) is 5.41 Å². The molecule has 1 aromatic heterocycles.